The average Bonchev–Trinajstić information content (AvgIpc) is 3.21. The highest BCUT2D eigenvalue weighted by Gasteiger charge is 2.32. The van der Waals surface area contributed by atoms with Gasteiger partial charge in [-0.3, -0.25) is 9.59 Å². The summed E-state index contributed by atoms with van der Waals surface area (Å²) in [6.07, 6.45) is 2.30. The molecule has 1 saturated heterocycles. The molecule has 2 aliphatic heterocycles. The second-order valence-corrected chi connectivity index (χ2v) is 8.39. The van der Waals surface area contributed by atoms with Crippen LogP contribution in [0, 0.1) is 5.92 Å². The Hall–Kier alpha value is -3.28. The number of benzene rings is 2. The van der Waals surface area contributed by atoms with Crippen LogP contribution in [0.5, 0.6) is 5.75 Å². The number of likely N-dealkylation sites (tertiary alicyclic amines) is 1. The summed E-state index contributed by atoms with van der Waals surface area (Å²) in [4.78, 5) is 33.0. The fourth-order valence-electron chi connectivity index (χ4n) is 4.74. The number of ether oxygens (including phenoxy) is 1. The van der Waals surface area contributed by atoms with Crippen molar-refractivity contribution in [1.29, 1.82) is 0 Å². The van der Waals surface area contributed by atoms with E-state index in [4.69, 9.17) is 4.74 Å². The molecule has 6 heteroatoms. The molecule has 2 amide bonds. The van der Waals surface area contributed by atoms with Crippen LogP contribution in [0.1, 0.15) is 24.1 Å². The number of carbonyl (C=O) groups is 2. The van der Waals surface area contributed by atoms with E-state index in [0.29, 0.717) is 38.2 Å². The molecule has 0 bridgehead atoms. The van der Waals surface area contributed by atoms with E-state index < -0.39 is 0 Å². The normalized spacial score (nSPS) is 16.9. The van der Waals surface area contributed by atoms with Crippen molar-refractivity contribution in [2.24, 2.45) is 5.92 Å². The summed E-state index contributed by atoms with van der Waals surface area (Å²) in [6, 6.07) is 17.7. The van der Waals surface area contributed by atoms with Crippen LogP contribution in [0.25, 0.3) is 10.9 Å². The zero-order valence-corrected chi connectivity index (χ0v) is 17.5. The van der Waals surface area contributed by atoms with Crippen LogP contribution in [-0.4, -0.2) is 52.8 Å². The molecule has 6 nitrogen and oxygen atoms in total. The molecule has 31 heavy (non-hydrogen) atoms. The molecule has 3 aromatic rings. The van der Waals surface area contributed by atoms with Crippen LogP contribution in [0.2, 0.25) is 0 Å². The van der Waals surface area contributed by atoms with Crippen molar-refractivity contribution in [3.05, 3.63) is 65.9 Å². The van der Waals surface area contributed by atoms with Gasteiger partial charge in [0.1, 0.15) is 5.75 Å². The van der Waals surface area contributed by atoms with Crippen LogP contribution in [-0.2, 0) is 22.6 Å². The number of nitrogens with zero attached hydrogens (tertiary/aromatic N) is 2. The van der Waals surface area contributed by atoms with Crippen molar-refractivity contribution in [2.75, 3.05) is 26.2 Å². The molecule has 0 radical (unpaired) electrons. The topological polar surface area (TPSA) is 65.6 Å². The lowest BCUT2D eigenvalue weighted by atomic mass is 9.94. The maximum Gasteiger partial charge on any atom is 0.260 e. The van der Waals surface area contributed by atoms with Gasteiger partial charge in [0.15, 0.2) is 6.61 Å². The van der Waals surface area contributed by atoms with E-state index in [-0.39, 0.29) is 24.3 Å². The van der Waals surface area contributed by atoms with E-state index in [1.54, 1.807) is 0 Å². The number of hydrogen-bond acceptors (Lipinski definition) is 3. The Labute approximate surface area is 181 Å². The number of aromatic amines is 1. The number of H-pyrrole nitrogens is 1. The Kier molecular flexibility index (Phi) is 5.37. The molecule has 0 spiro atoms. The molecule has 0 aliphatic carbocycles. The number of carbonyl (C=O) groups excluding carboxylic acids is 2. The highest BCUT2D eigenvalue weighted by atomic mass is 16.5. The number of amides is 2. The fourth-order valence-corrected chi connectivity index (χ4v) is 4.74. The standard InChI is InChI=1S/C25H27N3O3/c29-24(17-31-19-6-2-1-3-7-19)27-13-10-18(11-14-27)25(30)28-15-12-23-21(16-28)20-8-4-5-9-22(20)26-23/h1-9,18,26H,10-17H2. The molecule has 2 aromatic carbocycles. The summed E-state index contributed by atoms with van der Waals surface area (Å²) in [5, 5.41) is 1.22. The Morgan fingerprint density at radius 2 is 1.68 bits per heavy atom. The van der Waals surface area contributed by atoms with Crippen molar-refractivity contribution in [1.82, 2.24) is 14.8 Å². The number of fused-ring (bicyclic) bond motifs is 3. The van der Waals surface area contributed by atoms with E-state index in [0.717, 1.165) is 18.5 Å². The molecule has 3 heterocycles. The monoisotopic (exact) mass is 417 g/mol. The Morgan fingerprint density at radius 3 is 2.48 bits per heavy atom. The summed E-state index contributed by atoms with van der Waals surface area (Å²) in [5.41, 5.74) is 3.65. The summed E-state index contributed by atoms with van der Waals surface area (Å²) in [6.45, 7) is 2.68. The molecule has 1 fully saturated rings. The maximum atomic E-state index is 13.2. The van der Waals surface area contributed by atoms with Crippen LogP contribution >= 0.6 is 0 Å². The lowest BCUT2D eigenvalue weighted by molar-refractivity contribution is -0.142. The number of piperidine rings is 1. The van der Waals surface area contributed by atoms with E-state index in [9.17, 15) is 9.59 Å². The first-order valence-corrected chi connectivity index (χ1v) is 11.0. The van der Waals surface area contributed by atoms with Gasteiger partial charge in [0, 0.05) is 60.7 Å². The third-order valence-electron chi connectivity index (χ3n) is 6.50. The van der Waals surface area contributed by atoms with Gasteiger partial charge in [0.2, 0.25) is 5.91 Å². The molecule has 160 valence electrons. The highest BCUT2D eigenvalue weighted by Crippen LogP contribution is 2.29. The number of rotatable bonds is 4. The Bertz CT molecular complexity index is 1080. The highest BCUT2D eigenvalue weighted by molar-refractivity contribution is 5.86. The summed E-state index contributed by atoms with van der Waals surface area (Å²) < 4.78 is 5.58. The van der Waals surface area contributed by atoms with Crippen LogP contribution in [0.3, 0.4) is 0 Å². The van der Waals surface area contributed by atoms with Crippen LogP contribution < -0.4 is 4.74 Å². The first-order chi connectivity index (χ1) is 15.2. The minimum atomic E-state index is -0.0174. The van der Waals surface area contributed by atoms with E-state index in [2.05, 4.69) is 17.1 Å². The molecule has 1 N–H and O–H groups in total. The lowest BCUT2D eigenvalue weighted by Gasteiger charge is -2.35. The molecule has 1 aromatic heterocycles. The Balaban J connectivity index is 1.15. The van der Waals surface area contributed by atoms with Crippen LogP contribution in [0.4, 0.5) is 0 Å². The number of aromatic nitrogens is 1. The SMILES string of the molecule is O=C(COc1ccccc1)N1CCC(C(=O)N2CCc3[nH]c4ccccc4c3C2)CC1. The fraction of sp³-hybridized carbons (Fsp3) is 0.360. The van der Waals surface area contributed by atoms with Gasteiger partial charge in [0.25, 0.3) is 5.91 Å². The first-order valence-electron chi connectivity index (χ1n) is 11.0. The predicted octanol–water partition coefficient (Wildman–Crippen LogP) is 3.37. The molecule has 0 saturated carbocycles. The van der Waals surface area contributed by atoms with Crippen LogP contribution in [0.15, 0.2) is 54.6 Å². The van der Waals surface area contributed by atoms with Crippen molar-refractivity contribution < 1.29 is 14.3 Å². The van der Waals surface area contributed by atoms with Crippen molar-refractivity contribution in [3.8, 4) is 5.75 Å². The third-order valence-corrected chi connectivity index (χ3v) is 6.50. The molecule has 5 rings (SSSR count). The molecule has 0 atom stereocenters. The van der Waals surface area contributed by atoms with Crippen molar-refractivity contribution in [3.63, 3.8) is 0 Å². The van der Waals surface area contributed by atoms with Gasteiger partial charge in [-0.15, -0.1) is 0 Å². The average molecular weight is 418 g/mol. The maximum absolute atomic E-state index is 13.2. The molecular formula is C25H27N3O3. The minimum absolute atomic E-state index is 0.00847. The smallest absolute Gasteiger partial charge is 0.260 e. The van der Waals surface area contributed by atoms with Gasteiger partial charge in [-0.25, -0.2) is 0 Å². The first kappa shape index (κ1) is 19.7. The molecule has 2 aliphatic rings. The third kappa shape index (κ3) is 4.02. The Morgan fingerprint density at radius 1 is 0.935 bits per heavy atom. The summed E-state index contributed by atoms with van der Waals surface area (Å²) >= 11 is 0. The second-order valence-electron chi connectivity index (χ2n) is 8.39. The van der Waals surface area contributed by atoms with Crippen molar-refractivity contribution in [2.45, 2.75) is 25.8 Å². The van der Waals surface area contributed by atoms with Gasteiger partial charge in [0.05, 0.1) is 0 Å². The van der Waals surface area contributed by atoms with Gasteiger partial charge in [-0.1, -0.05) is 36.4 Å². The van der Waals surface area contributed by atoms with Gasteiger partial charge in [-0.2, -0.15) is 0 Å². The molecule has 0 unspecified atom stereocenters. The lowest BCUT2D eigenvalue weighted by Crippen LogP contribution is -2.46. The van der Waals surface area contributed by atoms with E-state index >= 15 is 0 Å². The molecular weight excluding hydrogens is 390 g/mol. The zero-order chi connectivity index (χ0) is 21.2. The second kappa shape index (κ2) is 8.46. The summed E-state index contributed by atoms with van der Waals surface area (Å²) in [5.74, 6) is 0.897. The quantitative estimate of drug-likeness (QED) is 0.708. The zero-order valence-electron chi connectivity index (χ0n) is 17.5. The number of nitrogens with one attached hydrogen (secondary N) is 1. The number of hydrogen-bond donors (Lipinski definition) is 1. The van der Waals surface area contributed by atoms with Crippen molar-refractivity contribution >= 4 is 22.7 Å². The largest absolute Gasteiger partial charge is 0.484 e. The van der Waals surface area contributed by atoms with E-state index in [1.807, 2.05) is 52.3 Å². The van der Waals surface area contributed by atoms with Gasteiger partial charge >= 0.3 is 0 Å². The minimum Gasteiger partial charge on any atom is -0.484 e. The summed E-state index contributed by atoms with van der Waals surface area (Å²) in [7, 11) is 0. The van der Waals surface area contributed by atoms with E-state index in [1.165, 1.54) is 16.6 Å². The van der Waals surface area contributed by atoms with Gasteiger partial charge < -0.3 is 19.5 Å². The number of para-hydroxylation sites is 2. The van der Waals surface area contributed by atoms with Gasteiger partial charge in [-0.05, 0) is 31.0 Å². The predicted molar refractivity (Wildman–Crippen MR) is 119 cm³/mol.